The van der Waals surface area contributed by atoms with Gasteiger partial charge in [-0.1, -0.05) is 0 Å². The average molecular weight is 342 g/mol. The van der Waals surface area contributed by atoms with E-state index in [1.807, 2.05) is 0 Å². The Morgan fingerprint density at radius 1 is 0.840 bits per heavy atom. The minimum Gasteiger partial charge on any atom is -0.356 e. The third-order valence-electron chi connectivity index (χ3n) is 5.00. The molecule has 0 unspecified atom stereocenters. The van der Waals surface area contributed by atoms with Gasteiger partial charge in [-0.05, 0) is 19.8 Å². The predicted octanol–water partition coefficient (Wildman–Crippen LogP) is 0.799. The van der Waals surface area contributed by atoms with Crippen molar-refractivity contribution in [3.05, 3.63) is 24.2 Å². The number of piperazine rings is 1. The van der Waals surface area contributed by atoms with Crippen LogP contribution in [0.5, 0.6) is 0 Å². The van der Waals surface area contributed by atoms with Crippen molar-refractivity contribution < 1.29 is 0 Å². The summed E-state index contributed by atoms with van der Waals surface area (Å²) >= 11 is 0. The lowest BCUT2D eigenvalue weighted by Crippen LogP contribution is -2.48. The van der Waals surface area contributed by atoms with E-state index in [0.717, 1.165) is 69.8 Å². The van der Waals surface area contributed by atoms with Gasteiger partial charge in [0.05, 0.1) is 18.9 Å². The Morgan fingerprint density at radius 2 is 1.56 bits per heavy atom. The molecule has 2 aromatic rings. The highest BCUT2D eigenvalue weighted by atomic mass is 15.5. The molecule has 4 heterocycles. The molecule has 8 heteroatoms. The fourth-order valence-corrected chi connectivity index (χ4v) is 3.55. The van der Waals surface area contributed by atoms with Crippen LogP contribution in [-0.4, -0.2) is 75.7 Å². The van der Waals surface area contributed by atoms with E-state index < -0.39 is 0 Å². The summed E-state index contributed by atoms with van der Waals surface area (Å²) in [4.78, 5) is 18.4. The molecule has 8 nitrogen and oxygen atoms in total. The third kappa shape index (κ3) is 3.89. The summed E-state index contributed by atoms with van der Waals surface area (Å²) in [5.74, 6) is 1.97. The molecule has 25 heavy (non-hydrogen) atoms. The summed E-state index contributed by atoms with van der Waals surface area (Å²) in [7, 11) is 0. The van der Waals surface area contributed by atoms with E-state index in [9.17, 15) is 0 Å². The van der Waals surface area contributed by atoms with Crippen molar-refractivity contribution >= 4 is 11.8 Å². The second-order valence-corrected chi connectivity index (χ2v) is 6.82. The van der Waals surface area contributed by atoms with Crippen LogP contribution in [0, 0.1) is 6.92 Å². The smallest absolute Gasteiger partial charge is 0.227 e. The molecule has 4 rings (SSSR count). The van der Waals surface area contributed by atoms with Crippen LogP contribution < -0.4 is 9.80 Å². The second kappa shape index (κ2) is 7.35. The third-order valence-corrected chi connectivity index (χ3v) is 5.00. The zero-order chi connectivity index (χ0) is 17.1. The molecule has 0 aliphatic carbocycles. The number of hydrogen-bond acceptors (Lipinski definition) is 7. The largest absolute Gasteiger partial charge is 0.356 e. The van der Waals surface area contributed by atoms with Gasteiger partial charge in [-0.3, -0.25) is 4.90 Å². The summed E-state index contributed by atoms with van der Waals surface area (Å²) < 4.78 is 0. The number of aromatic nitrogens is 5. The molecule has 0 bridgehead atoms. The number of aryl methyl sites for hydroxylation is 1. The van der Waals surface area contributed by atoms with Crippen molar-refractivity contribution in [2.24, 2.45) is 0 Å². The second-order valence-electron chi connectivity index (χ2n) is 6.82. The standard InChI is InChI=1S/C17H26N8/c1-15-14-16(23-6-2-3-7-23)21-17(20-15)24-11-8-22(9-12-24)10-13-25-18-4-5-19-25/h4-5,14H,2-3,6-13H2,1H3. The summed E-state index contributed by atoms with van der Waals surface area (Å²) in [5.41, 5.74) is 1.05. The lowest BCUT2D eigenvalue weighted by Gasteiger charge is -2.35. The van der Waals surface area contributed by atoms with E-state index in [0.29, 0.717) is 0 Å². The topological polar surface area (TPSA) is 66.2 Å². The Kier molecular flexibility index (Phi) is 4.78. The lowest BCUT2D eigenvalue weighted by molar-refractivity contribution is 0.238. The minimum atomic E-state index is 0.840. The molecular weight excluding hydrogens is 316 g/mol. The number of anilines is 2. The maximum absolute atomic E-state index is 4.85. The van der Waals surface area contributed by atoms with Crippen LogP contribution in [0.25, 0.3) is 0 Å². The van der Waals surface area contributed by atoms with Gasteiger partial charge >= 0.3 is 0 Å². The van der Waals surface area contributed by atoms with Crippen molar-refractivity contribution in [3.8, 4) is 0 Å². The van der Waals surface area contributed by atoms with Crippen molar-refractivity contribution in [1.29, 1.82) is 0 Å². The molecule has 0 spiro atoms. The molecule has 0 radical (unpaired) electrons. The summed E-state index contributed by atoms with van der Waals surface area (Å²) in [6, 6.07) is 2.11. The summed E-state index contributed by atoms with van der Waals surface area (Å²) in [6.07, 6.45) is 5.99. The molecule has 0 saturated carbocycles. The van der Waals surface area contributed by atoms with Crippen molar-refractivity contribution in [2.45, 2.75) is 26.3 Å². The number of rotatable bonds is 5. The molecule has 2 fully saturated rings. The Balaban J connectivity index is 1.35. The molecule has 2 aromatic heterocycles. The first-order valence-corrected chi connectivity index (χ1v) is 9.20. The van der Waals surface area contributed by atoms with Gasteiger partial charge in [0, 0.05) is 57.6 Å². The molecule has 2 saturated heterocycles. The molecule has 0 amide bonds. The van der Waals surface area contributed by atoms with Crippen LogP contribution in [0.3, 0.4) is 0 Å². The maximum Gasteiger partial charge on any atom is 0.227 e. The van der Waals surface area contributed by atoms with Crippen LogP contribution in [0.4, 0.5) is 11.8 Å². The molecule has 2 aliphatic heterocycles. The van der Waals surface area contributed by atoms with E-state index in [1.54, 1.807) is 17.2 Å². The Morgan fingerprint density at radius 3 is 2.28 bits per heavy atom. The Labute approximate surface area is 148 Å². The van der Waals surface area contributed by atoms with E-state index >= 15 is 0 Å². The number of nitrogens with zero attached hydrogens (tertiary/aromatic N) is 8. The van der Waals surface area contributed by atoms with Gasteiger partial charge in [-0.25, -0.2) is 4.98 Å². The quantitative estimate of drug-likeness (QED) is 0.796. The Bertz CT molecular complexity index is 672. The van der Waals surface area contributed by atoms with Gasteiger partial charge in [0.25, 0.3) is 0 Å². The first-order chi connectivity index (χ1) is 12.3. The summed E-state index contributed by atoms with van der Waals surface area (Å²) in [6.45, 7) is 10.1. The normalized spacial score (nSPS) is 18.9. The zero-order valence-corrected chi connectivity index (χ0v) is 14.9. The van der Waals surface area contributed by atoms with Crippen LogP contribution in [-0.2, 0) is 6.54 Å². The fraction of sp³-hybridized carbons (Fsp3) is 0.647. The Hall–Kier alpha value is -2.22. The van der Waals surface area contributed by atoms with E-state index in [2.05, 4.69) is 42.9 Å². The fourth-order valence-electron chi connectivity index (χ4n) is 3.55. The first kappa shape index (κ1) is 16.3. The maximum atomic E-state index is 4.85. The molecule has 0 aromatic carbocycles. The van der Waals surface area contributed by atoms with E-state index in [1.165, 1.54) is 12.8 Å². The summed E-state index contributed by atoms with van der Waals surface area (Å²) in [5, 5.41) is 8.33. The van der Waals surface area contributed by atoms with Crippen molar-refractivity contribution in [1.82, 2.24) is 29.9 Å². The highest BCUT2D eigenvalue weighted by Crippen LogP contribution is 2.22. The molecule has 2 aliphatic rings. The van der Waals surface area contributed by atoms with Gasteiger partial charge in [0.1, 0.15) is 5.82 Å². The molecular formula is C17H26N8. The molecule has 0 atom stereocenters. The van der Waals surface area contributed by atoms with E-state index in [-0.39, 0.29) is 0 Å². The molecule has 134 valence electrons. The van der Waals surface area contributed by atoms with Gasteiger partial charge in [-0.15, -0.1) is 0 Å². The SMILES string of the molecule is Cc1cc(N2CCCC2)nc(N2CCN(CCn3nccn3)CC2)n1. The lowest BCUT2D eigenvalue weighted by atomic mass is 10.3. The van der Waals surface area contributed by atoms with Crippen LogP contribution in [0.1, 0.15) is 18.5 Å². The van der Waals surface area contributed by atoms with Gasteiger partial charge in [0.2, 0.25) is 5.95 Å². The molecule has 0 N–H and O–H groups in total. The van der Waals surface area contributed by atoms with Gasteiger partial charge < -0.3 is 9.80 Å². The average Bonchev–Trinajstić information content (AvgIpc) is 3.33. The number of hydrogen-bond donors (Lipinski definition) is 0. The highest BCUT2D eigenvalue weighted by Gasteiger charge is 2.21. The van der Waals surface area contributed by atoms with Crippen LogP contribution in [0.15, 0.2) is 18.5 Å². The van der Waals surface area contributed by atoms with Crippen LogP contribution in [0.2, 0.25) is 0 Å². The van der Waals surface area contributed by atoms with Crippen LogP contribution >= 0.6 is 0 Å². The first-order valence-electron chi connectivity index (χ1n) is 9.20. The van der Waals surface area contributed by atoms with Gasteiger partial charge in [0.15, 0.2) is 0 Å². The highest BCUT2D eigenvalue weighted by molar-refractivity contribution is 5.46. The predicted molar refractivity (Wildman–Crippen MR) is 96.9 cm³/mol. The zero-order valence-electron chi connectivity index (χ0n) is 14.9. The minimum absolute atomic E-state index is 0.840. The monoisotopic (exact) mass is 342 g/mol. The van der Waals surface area contributed by atoms with Crippen molar-refractivity contribution in [3.63, 3.8) is 0 Å². The van der Waals surface area contributed by atoms with Gasteiger partial charge in [-0.2, -0.15) is 20.0 Å². The van der Waals surface area contributed by atoms with E-state index in [4.69, 9.17) is 4.98 Å². The van der Waals surface area contributed by atoms with Crippen molar-refractivity contribution in [2.75, 3.05) is 55.6 Å².